The van der Waals surface area contributed by atoms with Gasteiger partial charge in [-0.1, -0.05) is 18.6 Å². The Morgan fingerprint density at radius 1 is 1.07 bits per heavy atom. The zero-order valence-electron chi connectivity index (χ0n) is 17.4. The standard InChI is InChI=1S/C22H28N2O5S/c1-17-14-20(30(26,27)24-12-4-3-5-13-24)10-11-21(17)29-16-22(25)23-15-18-6-8-19(28-2)9-7-18/h6-11,14H,3-5,12-13,15-16H2,1-2H3,(H,23,25). The van der Waals surface area contributed by atoms with Crippen molar-refractivity contribution in [2.45, 2.75) is 37.6 Å². The number of carbonyl (C=O) groups is 1. The number of hydrogen-bond donors (Lipinski definition) is 1. The minimum Gasteiger partial charge on any atom is -0.497 e. The van der Waals surface area contributed by atoms with Crippen molar-refractivity contribution >= 4 is 15.9 Å². The summed E-state index contributed by atoms with van der Waals surface area (Å²) in [6, 6.07) is 12.2. The predicted molar refractivity (Wildman–Crippen MR) is 114 cm³/mol. The van der Waals surface area contributed by atoms with E-state index in [2.05, 4.69) is 5.32 Å². The van der Waals surface area contributed by atoms with Crippen molar-refractivity contribution in [3.05, 3.63) is 53.6 Å². The number of nitrogens with one attached hydrogen (secondary N) is 1. The van der Waals surface area contributed by atoms with Gasteiger partial charge in [0.25, 0.3) is 5.91 Å². The van der Waals surface area contributed by atoms with E-state index >= 15 is 0 Å². The van der Waals surface area contributed by atoms with Crippen molar-refractivity contribution in [2.75, 3.05) is 26.8 Å². The molecule has 0 radical (unpaired) electrons. The summed E-state index contributed by atoms with van der Waals surface area (Å²) in [7, 11) is -1.88. The Kier molecular flexibility index (Phi) is 7.33. The highest BCUT2D eigenvalue weighted by atomic mass is 32.2. The molecule has 1 fully saturated rings. The molecule has 1 amide bonds. The van der Waals surface area contributed by atoms with Crippen LogP contribution in [0.3, 0.4) is 0 Å². The monoisotopic (exact) mass is 432 g/mol. The van der Waals surface area contributed by atoms with E-state index in [1.54, 1.807) is 36.5 Å². The molecule has 0 spiro atoms. The number of ether oxygens (including phenoxy) is 2. The molecule has 0 aromatic heterocycles. The molecular weight excluding hydrogens is 404 g/mol. The Morgan fingerprint density at radius 3 is 2.40 bits per heavy atom. The molecule has 0 saturated carbocycles. The van der Waals surface area contributed by atoms with Crippen LogP contribution in [-0.4, -0.2) is 45.4 Å². The van der Waals surface area contributed by atoms with Crippen LogP contribution in [-0.2, 0) is 21.4 Å². The smallest absolute Gasteiger partial charge is 0.258 e. The molecular formula is C22H28N2O5S. The molecule has 1 saturated heterocycles. The third-order valence-corrected chi connectivity index (χ3v) is 7.00. The summed E-state index contributed by atoms with van der Waals surface area (Å²) in [5, 5.41) is 2.80. The fraction of sp³-hybridized carbons (Fsp3) is 0.409. The SMILES string of the molecule is COc1ccc(CNC(=O)COc2ccc(S(=O)(=O)N3CCCCC3)cc2C)cc1. The zero-order chi connectivity index (χ0) is 21.6. The molecule has 0 unspecified atom stereocenters. The molecule has 8 heteroatoms. The van der Waals surface area contributed by atoms with Gasteiger partial charge in [-0.3, -0.25) is 4.79 Å². The highest BCUT2D eigenvalue weighted by molar-refractivity contribution is 7.89. The predicted octanol–water partition coefficient (Wildman–Crippen LogP) is 2.87. The van der Waals surface area contributed by atoms with E-state index in [-0.39, 0.29) is 17.4 Å². The third kappa shape index (κ3) is 5.52. The van der Waals surface area contributed by atoms with Crippen LogP contribution in [0.5, 0.6) is 11.5 Å². The molecule has 1 heterocycles. The lowest BCUT2D eigenvalue weighted by Crippen LogP contribution is -2.35. The minimum atomic E-state index is -3.49. The summed E-state index contributed by atoms with van der Waals surface area (Å²) in [6.07, 6.45) is 2.86. The van der Waals surface area contributed by atoms with Crippen LogP contribution in [0.25, 0.3) is 0 Å². The molecule has 0 bridgehead atoms. The molecule has 1 aliphatic heterocycles. The third-order valence-electron chi connectivity index (χ3n) is 5.11. The van der Waals surface area contributed by atoms with E-state index in [1.165, 1.54) is 0 Å². The second-order valence-electron chi connectivity index (χ2n) is 7.31. The Balaban J connectivity index is 1.54. The number of nitrogens with zero attached hydrogens (tertiary/aromatic N) is 1. The number of hydrogen-bond acceptors (Lipinski definition) is 5. The van der Waals surface area contributed by atoms with E-state index in [1.807, 2.05) is 24.3 Å². The van der Waals surface area contributed by atoms with Gasteiger partial charge in [0.1, 0.15) is 11.5 Å². The van der Waals surface area contributed by atoms with Gasteiger partial charge in [-0.25, -0.2) is 8.42 Å². The van der Waals surface area contributed by atoms with E-state index in [0.29, 0.717) is 30.9 Å². The fourth-order valence-electron chi connectivity index (χ4n) is 3.34. The second kappa shape index (κ2) is 9.95. The molecule has 2 aromatic rings. The summed E-state index contributed by atoms with van der Waals surface area (Å²) in [4.78, 5) is 12.4. The molecule has 2 aromatic carbocycles. The highest BCUT2D eigenvalue weighted by Crippen LogP contribution is 2.25. The van der Waals surface area contributed by atoms with Gasteiger partial charge >= 0.3 is 0 Å². The number of piperidine rings is 1. The number of benzene rings is 2. The lowest BCUT2D eigenvalue weighted by Gasteiger charge is -2.26. The summed E-state index contributed by atoms with van der Waals surface area (Å²) >= 11 is 0. The number of methoxy groups -OCH3 is 1. The molecule has 1 N–H and O–H groups in total. The van der Waals surface area contributed by atoms with Crippen molar-refractivity contribution in [2.24, 2.45) is 0 Å². The first-order chi connectivity index (χ1) is 14.4. The maximum atomic E-state index is 12.8. The number of rotatable bonds is 8. The van der Waals surface area contributed by atoms with Crippen LogP contribution in [0.2, 0.25) is 0 Å². The van der Waals surface area contributed by atoms with Gasteiger partial charge in [0, 0.05) is 19.6 Å². The normalized spacial score (nSPS) is 14.9. The maximum Gasteiger partial charge on any atom is 0.258 e. The summed E-state index contributed by atoms with van der Waals surface area (Å²) < 4.78 is 37.8. The minimum absolute atomic E-state index is 0.144. The molecule has 30 heavy (non-hydrogen) atoms. The molecule has 1 aliphatic rings. The second-order valence-corrected chi connectivity index (χ2v) is 9.24. The van der Waals surface area contributed by atoms with Crippen LogP contribution in [0.4, 0.5) is 0 Å². The van der Waals surface area contributed by atoms with Crippen LogP contribution >= 0.6 is 0 Å². The molecule has 0 aliphatic carbocycles. The van der Waals surface area contributed by atoms with Crippen LogP contribution in [0, 0.1) is 6.92 Å². The quantitative estimate of drug-likeness (QED) is 0.693. The summed E-state index contributed by atoms with van der Waals surface area (Å²) in [5.41, 5.74) is 1.63. The first kappa shape index (κ1) is 22.1. The average Bonchev–Trinajstić information content (AvgIpc) is 2.77. The lowest BCUT2D eigenvalue weighted by molar-refractivity contribution is -0.123. The van der Waals surface area contributed by atoms with E-state index in [0.717, 1.165) is 30.6 Å². The van der Waals surface area contributed by atoms with Crippen LogP contribution in [0.1, 0.15) is 30.4 Å². The van der Waals surface area contributed by atoms with Crippen LogP contribution in [0.15, 0.2) is 47.4 Å². The molecule has 7 nitrogen and oxygen atoms in total. The molecule has 162 valence electrons. The maximum absolute atomic E-state index is 12.8. The van der Waals surface area contributed by atoms with Gasteiger partial charge < -0.3 is 14.8 Å². The molecule has 0 atom stereocenters. The number of amides is 1. The molecule has 3 rings (SSSR count). The number of sulfonamides is 1. The van der Waals surface area contributed by atoms with Crippen LogP contribution < -0.4 is 14.8 Å². The summed E-state index contributed by atoms with van der Waals surface area (Å²) in [6.45, 7) is 3.15. The van der Waals surface area contributed by atoms with Crippen molar-refractivity contribution in [3.8, 4) is 11.5 Å². The summed E-state index contributed by atoms with van der Waals surface area (Å²) in [5.74, 6) is 0.997. The average molecular weight is 433 g/mol. The largest absolute Gasteiger partial charge is 0.497 e. The van der Waals surface area contributed by atoms with E-state index in [4.69, 9.17) is 9.47 Å². The van der Waals surface area contributed by atoms with Gasteiger partial charge in [0.15, 0.2) is 6.61 Å². The van der Waals surface area contributed by atoms with Crippen molar-refractivity contribution in [1.82, 2.24) is 9.62 Å². The van der Waals surface area contributed by atoms with Crippen molar-refractivity contribution in [1.29, 1.82) is 0 Å². The van der Waals surface area contributed by atoms with Gasteiger partial charge in [0.2, 0.25) is 10.0 Å². The Labute approximate surface area is 178 Å². The van der Waals surface area contributed by atoms with Crippen molar-refractivity contribution in [3.63, 3.8) is 0 Å². The lowest BCUT2D eigenvalue weighted by atomic mass is 10.2. The first-order valence-corrected chi connectivity index (χ1v) is 11.5. The van der Waals surface area contributed by atoms with Gasteiger partial charge in [-0.2, -0.15) is 4.31 Å². The first-order valence-electron chi connectivity index (χ1n) is 10.0. The Hall–Kier alpha value is -2.58. The van der Waals surface area contributed by atoms with Crippen molar-refractivity contribution < 1.29 is 22.7 Å². The topological polar surface area (TPSA) is 84.9 Å². The van der Waals surface area contributed by atoms with Gasteiger partial charge in [0.05, 0.1) is 12.0 Å². The Bertz CT molecular complexity index is 968. The van der Waals surface area contributed by atoms with E-state index < -0.39 is 10.0 Å². The Morgan fingerprint density at radius 2 is 1.77 bits per heavy atom. The van der Waals surface area contributed by atoms with E-state index in [9.17, 15) is 13.2 Å². The zero-order valence-corrected chi connectivity index (χ0v) is 18.2. The number of aryl methyl sites for hydroxylation is 1. The number of carbonyl (C=O) groups excluding carboxylic acids is 1. The fourth-order valence-corrected chi connectivity index (χ4v) is 4.94. The van der Waals surface area contributed by atoms with Gasteiger partial charge in [-0.05, 0) is 61.2 Å². The highest BCUT2D eigenvalue weighted by Gasteiger charge is 2.26. The van der Waals surface area contributed by atoms with Gasteiger partial charge in [-0.15, -0.1) is 0 Å².